The number of rotatable bonds is 3. The van der Waals surface area contributed by atoms with Crippen LogP contribution in [0.2, 0.25) is 0 Å². The molecule has 0 aliphatic heterocycles. The van der Waals surface area contributed by atoms with Gasteiger partial charge in [0.25, 0.3) is 0 Å². The summed E-state index contributed by atoms with van der Waals surface area (Å²) in [5.74, 6) is 0. The molecule has 1 atom stereocenters. The minimum Gasteiger partial charge on any atom is -0.333 e. The van der Waals surface area contributed by atoms with E-state index < -0.39 is 0 Å². The highest BCUT2D eigenvalue weighted by atomic mass is 16.1. The van der Waals surface area contributed by atoms with E-state index in [9.17, 15) is 4.79 Å². The molecule has 0 aliphatic carbocycles. The predicted molar refractivity (Wildman–Crippen MR) is 27.4 cm³/mol. The van der Waals surface area contributed by atoms with Crippen LogP contribution in [-0.4, -0.2) is 19.6 Å². The minimum atomic E-state index is 0.0255. The quantitative estimate of drug-likeness (QED) is 0.361. The van der Waals surface area contributed by atoms with E-state index in [2.05, 4.69) is 10.6 Å². The molecule has 7 heavy (non-hydrogen) atoms. The van der Waals surface area contributed by atoms with Crippen molar-refractivity contribution < 1.29 is 4.79 Å². The maximum absolute atomic E-state index is 9.50. The van der Waals surface area contributed by atoms with Gasteiger partial charge < -0.3 is 10.6 Å². The second kappa shape index (κ2) is 3.61. The third kappa shape index (κ3) is 3.26. The van der Waals surface area contributed by atoms with Crippen LogP contribution in [-0.2, 0) is 4.79 Å². The van der Waals surface area contributed by atoms with E-state index in [0.29, 0.717) is 0 Å². The zero-order valence-corrected chi connectivity index (χ0v) is 4.49. The Morgan fingerprint density at radius 1 is 1.71 bits per heavy atom. The van der Waals surface area contributed by atoms with Crippen LogP contribution < -0.4 is 10.6 Å². The van der Waals surface area contributed by atoms with Crippen molar-refractivity contribution in [2.24, 2.45) is 0 Å². The summed E-state index contributed by atoms with van der Waals surface area (Å²) in [4.78, 5) is 9.50. The van der Waals surface area contributed by atoms with Crippen molar-refractivity contribution in [2.45, 2.75) is 13.1 Å². The van der Waals surface area contributed by atoms with Gasteiger partial charge in [-0.2, -0.15) is 0 Å². The lowest BCUT2D eigenvalue weighted by Gasteiger charge is -2.04. The first-order valence-electron chi connectivity index (χ1n) is 2.11. The standard InChI is InChI=1S/C4H9N2O/c1-4(5-2)6-3-7/h4-5H,1-2H3,(H,6,7). The highest BCUT2D eigenvalue weighted by Crippen LogP contribution is 1.62. The van der Waals surface area contributed by atoms with Crippen LogP contribution >= 0.6 is 0 Å². The van der Waals surface area contributed by atoms with Crippen molar-refractivity contribution >= 4 is 6.41 Å². The summed E-state index contributed by atoms with van der Waals surface area (Å²) in [6.45, 7) is 1.82. The maximum Gasteiger partial charge on any atom is 0.310 e. The van der Waals surface area contributed by atoms with Crippen LogP contribution in [0.15, 0.2) is 0 Å². The first-order chi connectivity index (χ1) is 3.31. The summed E-state index contributed by atoms with van der Waals surface area (Å²) in [6, 6.07) is 0. The number of hydrogen-bond acceptors (Lipinski definition) is 2. The smallest absolute Gasteiger partial charge is 0.310 e. The van der Waals surface area contributed by atoms with Crippen LogP contribution in [0.25, 0.3) is 0 Å². The van der Waals surface area contributed by atoms with Gasteiger partial charge in [0, 0.05) is 0 Å². The number of amides is 1. The Morgan fingerprint density at radius 2 is 2.29 bits per heavy atom. The molecule has 1 unspecified atom stereocenters. The van der Waals surface area contributed by atoms with Gasteiger partial charge in [0.2, 0.25) is 0 Å². The Labute approximate surface area is 43.1 Å². The van der Waals surface area contributed by atoms with Crippen LogP contribution in [0.4, 0.5) is 0 Å². The van der Waals surface area contributed by atoms with E-state index in [1.165, 1.54) is 0 Å². The first-order valence-corrected chi connectivity index (χ1v) is 2.11. The van der Waals surface area contributed by atoms with Gasteiger partial charge in [0.1, 0.15) is 0 Å². The van der Waals surface area contributed by atoms with Crippen molar-refractivity contribution in [3.63, 3.8) is 0 Å². The van der Waals surface area contributed by atoms with E-state index in [1.807, 2.05) is 6.92 Å². The molecule has 0 spiro atoms. The third-order valence-corrected chi connectivity index (χ3v) is 0.708. The summed E-state index contributed by atoms with van der Waals surface area (Å²) in [5, 5.41) is 5.17. The average Bonchev–Trinajstić information content (AvgIpc) is 1.68. The van der Waals surface area contributed by atoms with Gasteiger partial charge >= 0.3 is 6.41 Å². The largest absolute Gasteiger partial charge is 0.333 e. The lowest BCUT2D eigenvalue weighted by atomic mass is 10.6. The van der Waals surface area contributed by atoms with Gasteiger partial charge in [-0.3, -0.25) is 4.79 Å². The van der Waals surface area contributed by atoms with Crippen LogP contribution in [0.1, 0.15) is 6.92 Å². The fourth-order valence-electron chi connectivity index (χ4n) is 0.161. The van der Waals surface area contributed by atoms with Crippen LogP contribution in [0.5, 0.6) is 0 Å². The Balaban J connectivity index is 2.98. The molecule has 0 aromatic carbocycles. The lowest BCUT2D eigenvalue weighted by Crippen LogP contribution is -2.35. The highest BCUT2D eigenvalue weighted by Gasteiger charge is 1.89. The molecule has 1 amide bonds. The van der Waals surface area contributed by atoms with E-state index in [0.717, 1.165) is 0 Å². The Kier molecular flexibility index (Phi) is 3.32. The molecule has 0 saturated heterocycles. The van der Waals surface area contributed by atoms with Gasteiger partial charge in [-0.1, -0.05) is 0 Å². The predicted octanol–water partition coefficient (Wildman–Crippen LogP) is -0.791. The molecule has 0 bridgehead atoms. The summed E-state index contributed by atoms with van der Waals surface area (Å²) in [5.41, 5.74) is 0. The summed E-state index contributed by atoms with van der Waals surface area (Å²) in [7, 11) is 1.76. The Hall–Kier alpha value is -0.570. The molecule has 0 aromatic rings. The van der Waals surface area contributed by atoms with Gasteiger partial charge in [-0.25, -0.2) is 0 Å². The molecule has 0 aliphatic rings. The number of carbonyl (C=O) groups excluding carboxylic acids is 1. The fraction of sp³-hybridized carbons (Fsp3) is 0.750. The summed E-state index contributed by atoms with van der Waals surface area (Å²) < 4.78 is 0. The SMILES string of the molecule is CNC(C)N[C]=O. The molecular formula is C4H9N2O. The zero-order chi connectivity index (χ0) is 5.70. The van der Waals surface area contributed by atoms with E-state index >= 15 is 0 Å². The van der Waals surface area contributed by atoms with Gasteiger partial charge in [0.05, 0.1) is 6.17 Å². The lowest BCUT2D eigenvalue weighted by molar-refractivity contribution is 0.505. The molecule has 3 heteroatoms. The normalized spacial score (nSPS) is 12.9. The molecule has 0 rings (SSSR count). The molecule has 0 fully saturated rings. The van der Waals surface area contributed by atoms with Crippen molar-refractivity contribution in [1.29, 1.82) is 0 Å². The molecule has 0 aromatic heterocycles. The zero-order valence-electron chi connectivity index (χ0n) is 4.49. The minimum absolute atomic E-state index is 0.0255. The second-order valence-electron chi connectivity index (χ2n) is 1.26. The highest BCUT2D eigenvalue weighted by molar-refractivity contribution is 5.47. The Bertz CT molecular complexity index is 55.7. The number of hydrogen-bond donors (Lipinski definition) is 2. The molecule has 3 nitrogen and oxygen atoms in total. The topological polar surface area (TPSA) is 41.1 Å². The second-order valence-corrected chi connectivity index (χ2v) is 1.26. The van der Waals surface area contributed by atoms with Crippen molar-refractivity contribution in [2.75, 3.05) is 7.05 Å². The van der Waals surface area contributed by atoms with Gasteiger partial charge in [-0.05, 0) is 14.0 Å². The van der Waals surface area contributed by atoms with Crippen LogP contribution in [0, 0.1) is 0 Å². The molecular weight excluding hydrogens is 92.1 g/mol. The fourth-order valence-corrected chi connectivity index (χ4v) is 0.161. The molecule has 0 saturated carbocycles. The molecule has 41 valence electrons. The van der Waals surface area contributed by atoms with Crippen molar-refractivity contribution in [3.8, 4) is 0 Å². The van der Waals surface area contributed by atoms with Gasteiger partial charge in [-0.15, -0.1) is 0 Å². The first kappa shape index (κ1) is 6.43. The van der Waals surface area contributed by atoms with Crippen LogP contribution in [0.3, 0.4) is 0 Å². The average molecular weight is 101 g/mol. The molecule has 0 heterocycles. The van der Waals surface area contributed by atoms with E-state index in [-0.39, 0.29) is 6.17 Å². The third-order valence-electron chi connectivity index (χ3n) is 0.708. The van der Waals surface area contributed by atoms with Crippen molar-refractivity contribution in [1.82, 2.24) is 10.6 Å². The number of nitrogens with one attached hydrogen (secondary N) is 2. The monoisotopic (exact) mass is 101 g/mol. The molecule has 1 radical (unpaired) electrons. The molecule has 2 N–H and O–H groups in total. The maximum atomic E-state index is 9.50. The van der Waals surface area contributed by atoms with Gasteiger partial charge in [0.15, 0.2) is 0 Å². The Morgan fingerprint density at radius 3 is 2.43 bits per heavy atom. The summed E-state index contributed by atoms with van der Waals surface area (Å²) >= 11 is 0. The van der Waals surface area contributed by atoms with E-state index in [4.69, 9.17) is 0 Å². The summed E-state index contributed by atoms with van der Waals surface area (Å²) in [6.07, 6.45) is 1.58. The van der Waals surface area contributed by atoms with Crippen molar-refractivity contribution in [3.05, 3.63) is 0 Å². The van der Waals surface area contributed by atoms with E-state index in [1.54, 1.807) is 13.5 Å².